The van der Waals surface area contributed by atoms with E-state index in [-0.39, 0.29) is 23.7 Å². The molecule has 8 nitrogen and oxygen atoms in total. The minimum atomic E-state index is -0.534. The second kappa shape index (κ2) is 7.54. The van der Waals surface area contributed by atoms with Crippen molar-refractivity contribution in [3.63, 3.8) is 0 Å². The average molecular weight is 333 g/mol. The molecule has 3 N–H and O–H groups in total. The number of carbonyl (C=O) groups is 1. The van der Waals surface area contributed by atoms with Crippen LogP contribution in [0.25, 0.3) is 0 Å². The molecule has 0 atom stereocenters. The highest BCUT2D eigenvalue weighted by Crippen LogP contribution is 2.23. The number of aromatic nitrogens is 2. The smallest absolute Gasteiger partial charge is 0.292 e. The predicted octanol–water partition coefficient (Wildman–Crippen LogP) is 2.40. The quantitative estimate of drug-likeness (QED) is 0.360. The van der Waals surface area contributed by atoms with Crippen molar-refractivity contribution in [2.45, 2.75) is 18.5 Å². The summed E-state index contributed by atoms with van der Waals surface area (Å²) < 4.78 is 0. The van der Waals surface area contributed by atoms with Gasteiger partial charge in [-0.2, -0.15) is 0 Å². The number of rotatable bonds is 6. The van der Waals surface area contributed by atoms with Crippen LogP contribution in [0.15, 0.2) is 35.5 Å². The molecule has 2 rings (SSSR count). The van der Waals surface area contributed by atoms with Gasteiger partial charge in [0.05, 0.1) is 4.92 Å². The lowest BCUT2D eigenvalue weighted by atomic mass is 10.2. The normalized spacial score (nSPS) is 10.3. The van der Waals surface area contributed by atoms with Crippen LogP contribution in [0.3, 0.4) is 0 Å². The Morgan fingerprint density at radius 3 is 2.83 bits per heavy atom. The summed E-state index contributed by atoms with van der Waals surface area (Å²) in [6.07, 6.45) is 0.175. The maximum absolute atomic E-state index is 11.9. The summed E-state index contributed by atoms with van der Waals surface area (Å²) in [5.41, 5.74) is 6.43. The third-order valence-corrected chi connectivity index (χ3v) is 3.64. The number of hydrogen-bond acceptors (Lipinski definition) is 7. The summed E-state index contributed by atoms with van der Waals surface area (Å²) in [4.78, 5) is 30.5. The van der Waals surface area contributed by atoms with E-state index in [9.17, 15) is 14.9 Å². The Labute approximate surface area is 136 Å². The number of carbonyl (C=O) groups excluding carboxylic acids is 1. The van der Waals surface area contributed by atoms with Gasteiger partial charge in [0.15, 0.2) is 5.16 Å². The Kier molecular flexibility index (Phi) is 5.47. The zero-order chi connectivity index (χ0) is 16.8. The second-order valence-electron chi connectivity index (χ2n) is 4.64. The maximum atomic E-state index is 11.9. The molecule has 0 radical (unpaired) electrons. The third kappa shape index (κ3) is 4.92. The van der Waals surface area contributed by atoms with E-state index in [4.69, 9.17) is 5.73 Å². The monoisotopic (exact) mass is 333 g/mol. The van der Waals surface area contributed by atoms with Crippen LogP contribution in [0.2, 0.25) is 0 Å². The van der Waals surface area contributed by atoms with Crippen LogP contribution in [0.1, 0.15) is 12.1 Å². The molecule has 0 saturated carbocycles. The molecule has 23 heavy (non-hydrogen) atoms. The SMILES string of the molecule is Cc1cc(N)nc(SCCC(=O)Nc2ccccc2[N+](=O)[O-])n1. The molecule has 1 aromatic heterocycles. The summed E-state index contributed by atoms with van der Waals surface area (Å²) >= 11 is 1.30. The molecule has 0 aliphatic rings. The molecule has 2 aromatic rings. The topological polar surface area (TPSA) is 124 Å². The Bertz CT molecular complexity index is 718. The summed E-state index contributed by atoms with van der Waals surface area (Å²) in [5.74, 6) is 0.506. The van der Waals surface area contributed by atoms with Crippen LogP contribution in [0.4, 0.5) is 17.2 Å². The largest absolute Gasteiger partial charge is 0.384 e. The first-order chi connectivity index (χ1) is 11.0. The van der Waals surface area contributed by atoms with Gasteiger partial charge < -0.3 is 11.1 Å². The maximum Gasteiger partial charge on any atom is 0.292 e. The molecule has 0 saturated heterocycles. The molecule has 0 aliphatic carbocycles. The van der Waals surface area contributed by atoms with E-state index in [0.29, 0.717) is 16.7 Å². The van der Waals surface area contributed by atoms with Crippen molar-refractivity contribution < 1.29 is 9.72 Å². The lowest BCUT2D eigenvalue weighted by Gasteiger charge is -2.06. The summed E-state index contributed by atoms with van der Waals surface area (Å²) in [7, 11) is 0. The zero-order valence-corrected chi connectivity index (χ0v) is 13.2. The first-order valence-corrected chi connectivity index (χ1v) is 7.71. The molecule has 0 aliphatic heterocycles. The third-order valence-electron chi connectivity index (χ3n) is 2.79. The number of nitrogens with one attached hydrogen (secondary N) is 1. The number of anilines is 2. The first kappa shape index (κ1) is 16.7. The van der Waals surface area contributed by atoms with E-state index in [1.54, 1.807) is 18.2 Å². The van der Waals surface area contributed by atoms with E-state index in [1.165, 1.54) is 23.9 Å². The van der Waals surface area contributed by atoms with Crippen LogP contribution >= 0.6 is 11.8 Å². The minimum Gasteiger partial charge on any atom is -0.384 e. The standard InChI is InChI=1S/C14H15N5O3S/c1-9-8-12(15)18-14(16-9)23-7-6-13(20)17-10-4-2-3-5-11(10)19(21)22/h2-5,8H,6-7H2,1H3,(H,17,20)(H2,15,16,18). The number of para-hydroxylation sites is 2. The van der Waals surface area contributed by atoms with Crippen molar-refractivity contribution in [2.24, 2.45) is 0 Å². The number of nitro benzene ring substituents is 1. The lowest BCUT2D eigenvalue weighted by Crippen LogP contribution is -2.13. The van der Waals surface area contributed by atoms with Gasteiger partial charge in [-0.25, -0.2) is 9.97 Å². The molecule has 1 amide bonds. The summed E-state index contributed by atoms with van der Waals surface area (Å²) in [6.45, 7) is 1.81. The van der Waals surface area contributed by atoms with Gasteiger partial charge in [-0.1, -0.05) is 23.9 Å². The fraction of sp³-hybridized carbons (Fsp3) is 0.214. The molecule has 9 heteroatoms. The number of hydrogen-bond donors (Lipinski definition) is 2. The first-order valence-electron chi connectivity index (χ1n) is 6.73. The number of nitrogens with zero attached hydrogens (tertiary/aromatic N) is 3. The minimum absolute atomic E-state index is 0.136. The van der Waals surface area contributed by atoms with Gasteiger partial charge in [-0.15, -0.1) is 0 Å². The van der Waals surface area contributed by atoms with E-state index in [2.05, 4.69) is 15.3 Å². The predicted molar refractivity (Wildman–Crippen MR) is 88.2 cm³/mol. The Morgan fingerprint density at radius 1 is 1.39 bits per heavy atom. The van der Waals surface area contributed by atoms with Crippen molar-refractivity contribution in [3.8, 4) is 0 Å². The lowest BCUT2D eigenvalue weighted by molar-refractivity contribution is -0.383. The van der Waals surface area contributed by atoms with Gasteiger partial charge in [-0.3, -0.25) is 14.9 Å². The molecular weight excluding hydrogens is 318 g/mol. The van der Waals surface area contributed by atoms with Crippen molar-refractivity contribution in [1.29, 1.82) is 0 Å². The Morgan fingerprint density at radius 2 is 2.13 bits per heavy atom. The van der Waals surface area contributed by atoms with Crippen LogP contribution in [0, 0.1) is 17.0 Å². The highest BCUT2D eigenvalue weighted by atomic mass is 32.2. The number of aryl methyl sites for hydroxylation is 1. The van der Waals surface area contributed by atoms with Gasteiger partial charge in [0.25, 0.3) is 5.69 Å². The van der Waals surface area contributed by atoms with Crippen LogP contribution < -0.4 is 11.1 Å². The van der Waals surface area contributed by atoms with Gasteiger partial charge in [0.2, 0.25) is 5.91 Å². The second-order valence-corrected chi connectivity index (χ2v) is 5.70. The van der Waals surface area contributed by atoms with Gasteiger partial charge >= 0.3 is 0 Å². The van der Waals surface area contributed by atoms with Gasteiger partial charge in [0.1, 0.15) is 11.5 Å². The van der Waals surface area contributed by atoms with Crippen molar-refractivity contribution in [1.82, 2.24) is 9.97 Å². The van der Waals surface area contributed by atoms with Crippen molar-refractivity contribution in [3.05, 3.63) is 46.1 Å². The van der Waals surface area contributed by atoms with E-state index in [1.807, 2.05) is 6.92 Å². The molecule has 1 aromatic carbocycles. The molecular formula is C14H15N5O3S. The number of nitro groups is 1. The average Bonchev–Trinajstić information content (AvgIpc) is 2.46. The van der Waals surface area contributed by atoms with Gasteiger partial charge in [0, 0.05) is 30.0 Å². The molecule has 120 valence electrons. The molecule has 0 spiro atoms. The van der Waals surface area contributed by atoms with E-state index in [0.717, 1.165) is 5.69 Å². The summed E-state index contributed by atoms with van der Waals surface area (Å²) in [6, 6.07) is 7.66. The molecule has 0 unspecified atom stereocenters. The number of thioether (sulfide) groups is 1. The number of nitrogen functional groups attached to an aromatic ring is 1. The molecule has 1 heterocycles. The van der Waals surface area contributed by atoms with E-state index < -0.39 is 4.92 Å². The summed E-state index contributed by atoms with van der Waals surface area (Å²) in [5, 5.41) is 13.9. The fourth-order valence-electron chi connectivity index (χ4n) is 1.82. The van der Waals surface area contributed by atoms with Crippen LogP contribution in [0.5, 0.6) is 0 Å². The highest BCUT2D eigenvalue weighted by molar-refractivity contribution is 7.99. The van der Waals surface area contributed by atoms with E-state index >= 15 is 0 Å². The Hall–Kier alpha value is -2.68. The fourth-order valence-corrected chi connectivity index (χ4v) is 2.66. The van der Waals surface area contributed by atoms with Crippen molar-refractivity contribution in [2.75, 3.05) is 16.8 Å². The molecule has 0 fully saturated rings. The Balaban J connectivity index is 1.89. The zero-order valence-electron chi connectivity index (χ0n) is 12.4. The highest BCUT2D eigenvalue weighted by Gasteiger charge is 2.14. The van der Waals surface area contributed by atoms with Crippen LogP contribution in [-0.2, 0) is 4.79 Å². The van der Waals surface area contributed by atoms with Crippen molar-refractivity contribution >= 4 is 34.9 Å². The number of amides is 1. The number of nitrogens with two attached hydrogens (primary N) is 1. The number of benzene rings is 1. The molecule has 0 bridgehead atoms. The van der Waals surface area contributed by atoms with Crippen LogP contribution in [-0.4, -0.2) is 26.6 Å². The van der Waals surface area contributed by atoms with Gasteiger partial charge in [-0.05, 0) is 13.0 Å².